The number of rotatable bonds is 17. The number of para-hydroxylation sites is 1. The number of ketones is 1. The second-order valence-corrected chi connectivity index (χ2v) is 16.2. The van der Waals surface area contributed by atoms with Gasteiger partial charge in [-0.2, -0.15) is 0 Å². The Morgan fingerprint density at radius 2 is 1.72 bits per heavy atom. The Kier molecular flexibility index (Phi) is 13.2. The number of unbranched alkanes of at least 4 members (excludes halogenated alkanes) is 1. The number of primary amides is 1. The summed E-state index contributed by atoms with van der Waals surface area (Å²) < 4.78 is 1.50. The average molecular weight is 787 g/mol. The monoisotopic (exact) mass is 786 g/mol. The lowest BCUT2D eigenvalue weighted by atomic mass is 9.84. The van der Waals surface area contributed by atoms with Crippen molar-refractivity contribution in [3.8, 4) is 0 Å². The number of carbonyl (C=O) groups excluding carboxylic acids is 6. The Balaban J connectivity index is 1.23. The molecular weight excluding hydrogens is 733 g/mol. The molecular formula is C40H54N10O7. The second kappa shape index (κ2) is 18.2. The molecule has 3 heterocycles. The number of aromatic nitrogens is 4. The fourth-order valence-electron chi connectivity index (χ4n) is 7.90. The molecule has 2 aromatic heterocycles. The van der Waals surface area contributed by atoms with Crippen molar-refractivity contribution in [2.45, 2.75) is 127 Å². The number of nitrogens with zero attached hydrogens (tertiary/aromatic N) is 5. The molecule has 1 aliphatic heterocycles. The summed E-state index contributed by atoms with van der Waals surface area (Å²) in [6, 6.07) is 5.02. The largest absolute Gasteiger partial charge is 0.384 e. The smallest absolute Gasteiger partial charge is 0.315 e. The normalized spacial score (nSPS) is 19.7. The van der Waals surface area contributed by atoms with E-state index < -0.39 is 59.2 Å². The molecule has 0 bridgehead atoms. The highest BCUT2D eigenvalue weighted by Gasteiger charge is 2.45. The fourth-order valence-corrected chi connectivity index (χ4v) is 7.90. The molecule has 3 aliphatic rings. The third kappa shape index (κ3) is 10.7. The van der Waals surface area contributed by atoms with Crippen LogP contribution in [0.5, 0.6) is 0 Å². The highest BCUT2D eigenvalue weighted by Crippen LogP contribution is 2.34. The van der Waals surface area contributed by atoms with Crippen LogP contribution in [-0.4, -0.2) is 103 Å². The molecule has 57 heavy (non-hydrogen) atoms. The molecule has 1 aromatic carbocycles. The van der Waals surface area contributed by atoms with Gasteiger partial charge in [-0.1, -0.05) is 55.5 Å². The van der Waals surface area contributed by atoms with Gasteiger partial charge in [0.2, 0.25) is 17.6 Å². The minimum absolute atomic E-state index is 0.0129. The molecule has 1 unspecified atom stereocenters. The average Bonchev–Trinajstić information content (AvgIpc) is 3.65. The maximum Gasteiger partial charge on any atom is 0.315 e. The van der Waals surface area contributed by atoms with E-state index in [4.69, 9.17) is 5.73 Å². The number of pyridine rings is 1. The SMILES string of the molecule is CC(C)(O)c1cnnn1[C@H]1C[C@@H](C(=O)NC(CCCCNC(=O)NC2CC2)C(=O)C(N)=O)N(C(=O)[C@@H](CC2CCCCC2)NC(=O)c2cnc3ccccc3c2)C1. The summed E-state index contributed by atoms with van der Waals surface area (Å²) in [6.45, 7) is 3.47. The van der Waals surface area contributed by atoms with Gasteiger partial charge >= 0.3 is 6.03 Å². The number of nitrogens with two attached hydrogens (primary N) is 1. The molecule has 2 aliphatic carbocycles. The van der Waals surface area contributed by atoms with Gasteiger partial charge < -0.3 is 37.0 Å². The third-order valence-electron chi connectivity index (χ3n) is 11.2. The zero-order valence-electron chi connectivity index (χ0n) is 32.6. The third-order valence-corrected chi connectivity index (χ3v) is 11.2. The van der Waals surface area contributed by atoms with Crippen LogP contribution in [0.4, 0.5) is 4.79 Å². The van der Waals surface area contributed by atoms with E-state index in [2.05, 4.69) is 36.6 Å². The molecule has 306 valence electrons. The van der Waals surface area contributed by atoms with E-state index in [9.17, 15) is 33.9 Å². The number of aliphatic hydroxyl groups is 1. The van der Waals surface area contributed by atoms with Crippen molar-refractivity contribution in [3.05, 3.63) is 54.0 Å². The number of benzene rings is 1. The number of hydrogen-bond donors (Lipinski definition) is 6. The Morgan fingerprint density at radius 3 is 2.44 bits per heavy atom. The molecule has 17 heteroatoms. The summed E-state index contributed by atoms with van der Waals surface area (Å²) in [7, 11) is 0. The number of carbonyl (C=O) groups is 6. The Morgan fingerprint density at radius 1 is 0.965 bits per heavy atom. The first-order chi connectivity index (χ1) is 27.3. The van der Waals surface area contributed by atoms with Crippen LogP contribution in [0.1, 0.15) is 113 Å². The van der Waals surface area contributed by atoms with Gasteiger partial charge in [-0.25, -0.2) is 9.48 Å². The molecule has 6 amide bonds. The summed E-state index contributed by atoms with van der Waals surface area (Å²) in [5, 5.41) is 31.2. The van der Waals surface area contributed by atoms with Gasteiger partial charge in [-0.15, -0.1) is 5.10 Å². The molecule has 3 fully saturated rings. The number of amides is 6. The summed E-state index contributed by atoms with van der Waals surface area (Å²) in [5.74, 6) is -3.68. The highest BCUT2D eigenvalue weighted by molar-refractivity contribution is 6.37. The van der Waals surface area contributed by atoms with Crippen LogP contribution in [0.15, 0.2) is 42.7 Å². The van der Waals surface area contributed by atoms with Gasteiger partial charge in [0.15, 0.2) is 0 Å². The second-order valence-electron chi connectivity index (χ2n) is 16.2. The number of Topliss-reactive ketones (excluding diaryl/α,β-unsaturated/α-hetero) is 1. The van der Waals surface area contributed by atoms with Crippen molar-refractivity contribution in [3.63, 3.8) is 0 Å². The number of urea groups is 1. The molecule has 3 aromatic rings. The van der Waals surface area contributed by atoms with Gasteiger partial charge in [-0.3, -0.25) is 29.0 Å². The van der Waals surface area contributed by atoms with Gasteiger partial charge in [0.25, 0.3) is 11.8 Å². The lowest BCUT2D eigenvalue weighted by molar-refractivity contribution is -0.142. The van der Waals surface area contributed by atoms with Crippen molar-refractivity contribution in [1.82, 2.24) is 46.1 Å². The van der Waals surface area contributed by atoms with E-state index >= 15 is 0 Å². The molecule has 6 rings (SSSR count). The van der Waals surface area contributed by atoms with Crippen LogP contribution < -0.4 is 27.0 Å². The topological polar surface area (TPSA) is 244 Å². The standard InChI is InChI=1S/C40H54N10O7/c1-40(2,57)33-22-44-48-50(33)28-20-32(37(54)46-30(34(51)35(41)52)14-8-9-17-42-39(56)45-27-15-16-27)49(23-28)38(55)31(18-24-10-4-3-5-11-24)47-36(53)26-19-25-12-6-7-13-29(25)43-21-26/h6-7,12-13,19,21-22,24,27-28,30-32,57H,3-5,8-11,14-18,20,23H2,1-2H3,(H2,41,52)(H,46,54)(H,47,53)(H2,42,45,56)/t28-,30?,31+,32-/m0/s1. The Hall–Kier alpha value is -5.45. The zero-order valence-corrected chi connectivity index (χ0v) is 32.6. The minimum Gasteiger partial charge on any atom is -0.384 e. The summed E-state index contributed by atoms with van der Waals surface area (Å²) >= 11 is 0. The van der Waals surface area contributed by atoms with Crippen LogP contribution in [0.3, 0.4) is 0 Å². The molecule has 17 nitrogen and oxygen atoms in total. The summed E-state index contributed by atoms with van der Waals surface area (Å²) in [6.07, 6.45) is 11.0. The Labute approximate surface area is 331 Å². The molecule has 7 N–H and O–H groups in total. The van der Waals surface area contributed by atoms with Gasteiger partial charge in [0.05, 0.1) is 35.1 Å². The van der Waals surface area contributed by atoms with Crippen LogP contribution in [0.2, 0.25) is 0 Å². The van der Waals surface area contributed by atoms with Gasteiger partial charge in [0, 0.05) is 37.1 Å². The molecule has 0 radical (unpaired) electrons. The van der Waals surface area contributed by atoms with E-state index in [0.717, 1.165) is 55.8 Å². The van der Waals surface area contributed by atoms with E-state index in [1.54, 1.807) is 19.9 Å². The van der Waals surface area contributed by atoms with Crippen LogP contribution in [0, 0.1) is 5.92 Å². The Bertz CT molecular complexity index is 1950. The predicted molar refractivity (Wildman–Crippen MR) is 208 cm³/mol. The maximum atomic E-state index is 14.8. The minimum atomic E-state index is -1.35. The molecule has 0 spiro atoms. The fraction of sp³-hybridized carbons (Fsp3) is 0.575. The lowest BCUT2D eigenvalue weighted by Crippen LogP contribution is -2.56. The number of hydrogen-bond acceptors (Lipinski definition) is 10. The van der Waals surface area contributed by atoms with Gasteiger partial charge in [-0.05, 0) is 70.4 Å². The maximum absolute atomic E-state index is 14.8. The van der Waals surface area contributed by atoms with Crippen LogP contribution >= 0.6 is 0 Å². The summed E-state index contributed by atoms with van der Waals surface area (Å²) in [5.41, 5.74) is 5.43. The van der Waals surface area contributed by atoms with Crippen molar-refractivity contribution in [2.75, 3.05) is 13.1 Å². The highest BCUT2D eigenvalue weighted by atomic mass is 16.3. The molecule has 4 atom stereocenters. The zero-order chi connectivity index (χ0) is 40.7. The van der Waals surface area contributed by atoms with E-state index in [0.29, 0.717) is 31.5 Å². The predicted octanol–water partition coefficient (Wildman–Crippen LogP) is 2.14. The van der Waals surface area contributed by atoms with E-state index in [-0.39, 0.29) is 42.9 Å². The number of nitrogens with one attached hydrogen (secondary N) is 4. The first-order valence-electron chi connectivity index (χ1n) is 20.1. The van der Waals surface area contributed by atoms with Gasteiger partial charge in [0.1, 0.15) is 17.7 Å². The summed E-state index contributed by atoms with van der Waals surface area (Å²) in [4.78, 5) is 86.0. The lowest BCUT2D eigenvalue weighted by Gasteiger charge is -2.32. The van der Waals surface area contributed by atoms with Crippen molar-refractivity contribution in [1.29, 1.82) is 0 Å². The number of fused-ring (bicyclic) bond motifs is 1. The molecule has 1 saturated heterocycles. The van der Waals surface area contributed by atoms with Crippen molar-refractivity contribution >= 4 is 46.3 Å². The first kappa shape index (κ1) is 41.2. The molecule has 2 saturated carbocycles. The van der Waals surface area contributed by atoms with E-state index in [1.165, 1.54) is 22.0 Å². The van der Waals surface area contributed by atoms with E-state index in [1.807, 2.05) is 24.3 Å². The van der Waals surface area contributed by atoms with Crippen LogP contribution in [-0.2, 0) is 24.8 Å². The van der Waals surface area contributed by atoms with Crippen molar-refractivity contribution in [2.24, 2.45) is 11.7 Å². The first-order valence-corrected chi connectivity index (χ1v) is 20.1. The number of likely N-dealkylation sites (tertiary alicyclic amines) is 1. The van der Waals surface area contributed by atoms with Crippen molar-refractivity contribution < 1.29 is 33.9 Å². The quantitative estimate of drug-likeness (QED) is 0.0860. The van der Waals surface area contributed by atoms with Crippen LogP contribution in [0.25, 0.3) is 10.9 Å².